The molecule has 0 fully saturated rings. The molecular formula is C24H20N4O5. The number of carbonyl (C=O) groups is 1. The largest absolute Gasteiger partial charge is 0.487 e. The number of ether oxygens (including phenoxy) is 1. The molecule has 0 aliphatic heterocycles. The second kappa shape index (κ2) is 9.23. The molecule has 33 heavy (non-hydrogen) atoms. The summed E-state index contributed by atoms with van der Waals surface area (Å²) < 4.78 is 6.14. The highest BCUT2D eigenvalue weighted by Crippen LogP contribution is 2.34. The molecule has 0 radical (unpaired) electrons. The molecule has 3 aromatic carbocycles. The van der Waals surface area contributed by atoms with E-state index < -0.39 is 4.92 Å². The third kappa shape index (κ3) is 4.67. The number of benzene rings is 3. The van der Waals surface area contributed by atoms with E-state index in [4.69, 9.17) is 4.74 Å². The van der Waals surface area contributed by atoms with Crippen molar-refractivity contribution in [1.82, 2.24) is 9.71 Å². The minimum atomic E-state index is -0.569. The first-order chi connectivity index (χ1) is 16.0. The van der Waals surface area contributed by atoms with Crippen LogP contribution < -0.4 is 10.1 Å². The van der Waals surface area contributed by atoms with Crippen LogP contribution in [0.15, 0.2) is 72.8 Å². The second-order valence-corrected chi connectivity index (χ2v) is 7.06. The smallest absolute Gasteiger partial charge is 0.313 e. The van der Waals surface area contributed by atoms with Crippen LogP contribution in [0.5, 0.6) is 5.75 Å². The van der Waals surface area contributed by atoms with Crippen LogP contribution in [-0.4, -0.2) is 32.4 Å². The van der Waals surface area contributed by atoms with Gasteiger partial charge in [0.2, 0.25) is 5.91 Å². The molecule has 9 nitrogen and oxygen atoms in total. The van der Waals surface area contributed by atoms with Crippen molar-refractivity contribution in [3.63, 3.8) is 0 Å². The molecule has 4 aromatic rings. The number of nitrogens with zero attached hydrogens (tertiary/aromatic N) is 3. The molecular weight excluding hydrogens is 424 g/mol. The van der Waals surface area contributed by atoms with E-state index in [1.165, 1.54) is 18.2 Å². The zero-order valence-electron chi connectivity index (χ0n) is 17.6. The molecule has 1 amide bonds. The highest BCUT2D eigenvalue weighted by Gasteiger charge is 2.21. The minimum Gasteiger partial charge on any atom is -0.487 e. The van der Waals surface area contributed by atoms with Crippen LogP contribution in [0.4, 0.5) is 11.4 Å². The third-order valence-electron chi connectivity index (χ3n) is 4.85. The molecule has 1 aromatic heterocycles. The number of hydrogen-bond donors (Lipinski definition) is 2. The van der Waals surface area contributed by atoms with Gasteiger partial charge in [-0.05, 0) is 42.8 Å². The molecule has 4 rings (SSSR count). The molecule has 0 unspecified atom stereocenters. The molecule has 0 saturated heterocycles. The van der Waals surface area contributed by atoms with E-state index in [0.29, 0.717) is 16.8 Å². The van der Waals surface area contributed by atoms with Gasteiger partial charge in [-0.25, -0.2) is 4.98 Å². The number of aromatic nitrogens is 2. The third-order valence-corrected chi connectivity index (χ3v) is 4.85. The normalized spacial score (nSPS) is 11.1. The van der Waals surface area contributed by atoms with Gasteiger partial charge >= 0.3 is 5.69 Å². The zero-order valence-corrected chi connectivity index (χ0v) is 17.6. The van der Waals surface area contributed by atoms with Gasteiger partial charge in [0.05, 0.1) is 17.0 Å². The van der Waals surface area contributed by atoms with E-state index in [-0.39, 0.29) is 35.3 Å². The Morgan fingerprint density at radius 3 is 2.58 bits per heavy atom. The number of nitrogens with one attached hydrogen (secondary N) is 1. The lowest BCUT2D eigenvalue weighted by Crippen LogP contribution is -2.07. The molecule has 0 aliphatic carbocycles. The number of nitro benzene ring substituents is 1. The second-order valence-electron chi connectivity index (χ2n) is 7.06. The van der Waals surface area contributed by atoms with Crippen molar-refractivity contribution in [1.29, 1.82) is 0 Å². The van der Waals surface area contributed by atoms with Gasteiger partial charge in [0, 0.05) is 29.5 Å². The van der Waals surface area contributed by atoms with Crippen molar-refractivity contribution in [2.75, 3.05) is 11.9 Å². The van der Waals surface area contributed by atoms with Crippen molar-refractivity contribution >= 4 is 34.4 Å². The van der Waals surface area contributed by atoms with Gasteiger partial charge in [-0.2, -0.15) is 4.73 Å². The standard InChI is InChI=1S/C24H20N4O5/c1-2-33-22-14-19-20(15-21(22)28(31)32)27(30)24(26-19)17-9-11-18(12-10-17)25-23(29)13-8-16-6-4-3-5-7-16/h3-15,30H,2H2,1H3,(H,25,29)/b13-8+. The average molecular weight is 444 g/mol. The van der Waals surface area contributed by atoms with E-state index in [1.54, 1.807) is 37.3 Å². The first kappa shape index (κ1) is 21.6. The molecule has 166 valence electrons. The Bertz CT molecular complexity index is 1350. The van der Waals surface area contributed by atoms with Crippen LogP contribution in [0.25, 0.3) is 28.5 Å². The Morgan fingerprint density at radius 2 is 1.91 bits per heavy atom. The molecule has 2 N–H and O–H groups in total. The highest BCUT2D eigenvalue weighted by atomic mass is 16.6. The number of imidazole rings is 1. The summed E-state index contributed by atoms with van der Waals surface area (Å²) >= 11 is 0. The van der Waals surface area contributed by atoms with Crippen LogP contribution in [0.1, 0.15) is 12.5 Å². The van der Waals surface area contributed by atoms with Crippen molar-refractivity contribution < 1.29 is 19.7 Å². The van der Waals surface area contributed by atoms with Crippen molar-refractivity contribution in [3.05, 3.63) is 88.5 Å². The quantitative estimate of drug-likeness (QED) is 0.181. The van der Waals surface area contributed by atoms with Crippen molar-refractivity contribution in [3.8, 4) is 17.1 Å². The maximum Gasteiger partial charge on any atom is 0.313 e. The maximum absolute atomic E-state index is 12.2. The zero-order chi connectivity index (χ0) is 23.4. The number of hydrogen-bond acceptors (Lipinski definition) is 6. The predicted molar refractivity (Wildman–Crippen MR) is 124 cm³/mol. The summed E-state index contributed by atoms with van der Waals surface area (Å²) in [5.74, 6) is 0.00725. The maximum atomic E-state index is 12.2. The summed E-state index contributed by atoms with van der Waals surface area (Å²) in [5, 5.41) is 24.7. The number of nitro groups is 1. The number of rotatable bonds is 7. The van der Waals surface area contributed by atoms with Crippen LogP contribution in [0, 0.1) is 10.1 Å². The number of amides is 1. The SMILES string of the molecule is CCOc1cc2nc(-c3ccc(NC(=O)/C=C/c4ccccc4)cc3)n(O)c2cc1[N+](=O)[O-]. The molecule has 0 saturated carbocycles. The van der Waals surface area contributed by atoms with Crippen LogP contribution >= 0.6 is 0 Å². The van der Waals surface area contributed by atoms with E-state index >= 15 is 0 Å². The van der Waals surface area contributed by atoms with Gasteiger partial charge in [-0.1, -0.05) is 30.3 Å². The number of anilines is 1. The lowest BCUT2D eigenvalue weighted by molar-refractivity contribution is -0.385. The molecule has 0 spiro atoms. The molecule has 0 bridgehead atoms. The Hall–Kier alpha value is -4.66. The summed E-state index contributed by atoms with van der Waals surface area (Å²) in [5.41, 5.74) is 2.32. The van der Waals surface area contributed by atoms with E-state index in [0.717, 1.165) is 10.3 Å². The summed E-state index contributed by atoms with van der Waals surface area (Å²) in [6.45, 7) is 1.98. The van der Waals surface area contributed by atoms with Gasteiger partial charge in [-0.3, -0.25) is 14.9 Å². The van der Waals surface area contributed by atoms with E-state index in [9.17, 15) is 20.1 Å². The van der Waals surface area contributed by atoms with Gasteiger partial charge in [0.15, 0.2) is 11.6 Å². The Balaban J connectivity index is 1.56. The van der Waals surface area contributed by atoms with E-state index in [2.05, 4.69) is 10.3 Å². The molecule has 9 heteroatoms. The Morgan fingerprint density at radius 1 is 1.18 bits per heavy atom. The summed E-state index contributed by atoms with van der Waals surface area (Å²) in [6, 6.07) is 18.8. The fourth-order valence-corrected chi connectivity index (χ4v) is 3.30. The molecule has 1 heterocycles. The predicted octanol–water partition coefficient (Wildman–Crippen LogP) is 4.90. The summed E-state index contributed by atoms with van der Waals surface area (Å²) in [6.07, 6.45) is 3.16. The number of fused-ring (bicyclic) bond motifs is 1. The van der Waals surface area contributed by atoms with Gasteiger partial charge in [0.1, 0.15) is 5.52 Å². The minimum absolute atomic E-state index is 0.0845. The van der Waals surface area contributed by atoms with Gasteiger partial charge in [0.25, 0.3) is 0 Å². The first-order valence-electron chi connectivity index (χ1n) is 10.1. The Kier molecular flexibility index (Phi) is 6.03. The lowest BCUT2D eigenvalue weighted by atomic mass is 10.2. The van der Waals surface area contributed by atoms with Crippen molar-refractivity contribution in [2.24, 2.45) is 0 Å². The topological polar surface area (TPSA) is 120 Å². The van der Waals surface area contributed by atoms with E-state index in [1.807, 2.05) is 30.3 Å². The Labute approximate surface area is 188 Å². The lowest BCUT2D eigenvalue weighted by Gasteiger charge is -2.05. The van der Waals surface area contributed by atoms with Crippen LogP contribution in [-0.2, 0) is 4.79 Å². The highest BCUT2D eigenvalue weighted by molar-refractivity contribution is 6.02. The number of carbonyl (C=O) groups excluding carboxylic acids is 1. The average Bonchev–Trinajstić information content (AvgIpc) is 3.14. The van der Waals surface area contributed by atoms with Crippen LogP contribution in [0.2, 0.25) is 0 Å². The van der Waals surface area contributed by atoms with Gasteiger partial charge in [-0.15, -0.1) is 0 Å². The molecule has 0 atom stereocenters. The monoisotopic (exact) mass is 444 g/mol. The van der Waals surface area contributed by atoms with Gasteiger partial charge < -0.3 is 15.3 Å². The summed E-state index contributed by atoms with van der Waals surface area (Å²) in [4.78, 5) is 27.3. The van der Waals surface area contributed by atoms with Crippen LogP contribution in [0.3, 0.4) is 0 Å². The van der Waals surface area contributed by atoms with Crippen molar-refractivity contribution in [2.45, 2.75) is 6.92 Å². The molecule has 0 aliphatic rings. The first-order valence-corrected chi connectivity index (χ1v) is 10.1. The fourth-order valence-electron chi connectivity index (χ4n) is 3.30. The fraction of sp³-hybridized carbons (Fsp3) is 0.0833. The summed E-state index contributed by atoms with van der Waals surface area (Å²) in [7, 11) is 0.